The molecule has 0 spiro atoms. The predicted octanol–water partition coefficient (Wildman–Crippen LogP) is 2.32. The van der Waals surface area contributed by atoms with Gasteiger partial charge in [0.05, 0.1) is 19.7 Å². The van der Waals surface area contributed by atoms with Crippen LogP contribution in [0.1, 0.15) is 29.9 Å². The number of nitrogens with zero attached hydrogens (tertiary/aromatic N) is 2. The highest BCUT2D eigenvalue weighted by Crippen LogP contribution is 2.31. The average molecular weight is 449 g/mol. The van der Waals surface area contributed by atoms with Crippen molar-refractivity contribution in [2.75, 3.05) is 20.2 Å². The zero-order valence-corrected chi connectivity index (χ0v) is 19.1. The van der Waals surface area contributed by atoms with Gasteiger partial charge in [-0.1, -0.05) is 30.3 Å². The van der Waals surface area contributed by atoms with E-state index in [4.69, 9.17) is 4.74 Å². The first-order valence-corrected chi connectivity index (χ1v) is 11.0. The first-order valence-electron chi connectivity index (χ1n) is 11.0. The quantitative estimate of drug-likeness (QED) is 0.580. The van der Waals surface area contributed by atoms with Crippen molar-refractivity contribution in [2.24, 2.45) is 0 Å². The standard InChI is InChI=1S/C25H28N4O4/c1-4-33-19-11-9-17(10-12-19)14-26-22(30)15-27-24(32)25(2)16-29-20-8-6-5-7-18(20)13-21(29)23(31)28(25)3/h5-13H,4,14-16H2,1-3H3,(H,26,30)(H,27,32)/t25-/m0/s1. The molecule has 0 radical (unpaired) electrons. The molecule has 8 heteroatoms. The lowest BCUT2D eigenvalue weighted by Crippen LogP contribution is -2.63. The smallest absolute Gasteiger partial charge is 0.271 e. The lowest BCUT2D eigenvalue weighted by Gasteiger charge is -2.41. The van der Waals surface area contributed by atoms with Gasteiger partial charge in [-0.05, 0) is 43.7 Å². The fourth-order valence-corrected chi connectivity index (χ4v) is 4.08. The molecular formula is C25H28N4O4. The van der Waals surface area contributed by atoms with Gasteiger partial charge in [0.1, 0.15) is 17.0 Å². The molecule has 0 aliphatic carbocycles. The number of hydrogen-bond donors (Lipinski definition) is 2. The fraction of sp³-hybridized carbons (Fsp3) is 0.320. The van der Waals surface area contributed by atoms with Crippen LogP contribution in [0.5, 0.6) is 5.75 Å². The molecule has 8 nitrogen and oxygen atoms in total. The van der Waals surface area contributed by atoms with Gasteiger partial charge in [0.15, 0.2) is 0 Å². The number of fused-ring (bicyclic) bond motifs is 3. The summed E-state index contributed by atoms with van der Waals surface area (Å²) in [6.07, 6.45) is 0. The molecule has 0 fully saturated rings. The van der Waals surface area contributed by atoms with Crippen molar-refractivity contribution in [3.8, 4) is 5.75 Å². The number of hydrogen-bond acceptors (Lipinski definition) is 4. The van der Waals surface area contributed by atoms with E-state index in [-0.39, 0.29) is 24.3 Å². The molecule has 0 saturated heterocycles. The molecule has 0 bridgehead atoms. The van der Waals surface area contributed by atoms with E-state index in [1.165, 1.54) is 4.90 Å². The molecule has 3 aromatic rings. The average Bonchev–Trinajstić information content (AvgIpc) is 3.19. The highest BCUT2D eigenvalue weighted by molar-refractivity contribution is 6.03. The maximum absolute atomic E-state index is 13.1. The van der Waals surface area contributed by atoms with Gasteiger partial charge in [0.2, 0.25) is 11.8 Å². The number of aromatic nitrogens is 1. The van der Waals surface area contributed by atoms with Gasteiger partial charge in [-0.25, -0.2) is 0 Å². The zero-order valence-electron chi connectivity index (χ0n) is 19.1. The Bertz CT molecular complexity index is 1200. The third kappa shape index (κ3) is 4.28. The third-order valence-electron chi connectivity index (χ3n) is 6.16. The summed E-state index contributed by atoms with van der Waals surface area (Å²) in [4.78, 5) is 39.9. The second-order valence-corrected chi connectivity index (χ2v) is 8.35. The van der Waals surface area contributed by atoms with Gasteiger partial charge >= 0.3 is 0 Å². The first kappa shape index (κ1) is 22.4. The number of carbonyl (C=O) groups excluding carboxylic acids is 3. The number of nitrogens with one attached hydrogen (secondary N) is 2. The largest absolute Gasteiger partial charge is 0.494 e. The maximum Gasteiger partial charge on any atom is 0.271 e. The summed E-state index contributed by atoms with van der Waals surface area (Å²) in [5, 5.41) is 6.45. The molecule has 2 heterocycles. The minimum absolute atomic E-state index is 0.174. The molecule has 1 atom stereocenters. The lowest BCUT2D eigenvalue weighted by atomic mass is 9.95. The van der Waals surface area contributed by atoms with Crippen molar-refractivity contribution in [3.63, 3.8) is 0 Å². The Kier molecular flexibility index (Phi) is 6.09. The van der Waals surface area contributed by atoms with Crippen LogP contribution < -0.4 is 15.4 Å². The van der Waals surface area contributed by atoms with Gasteiger partial charge < -0.3 is 24.8 Å². The summed E-state index contributed by atoms with van der Waals surface area (Å²) in [5.74, 6) is -0.136. The molecule has 0 unspecified atom stereocenters. The van der Waals surface area contributed by atoms with E-state index < -0.39 is 5.54 Å². The second-order valence-electron chi connectivity index (χ2n) is 8.35. The Balaban J connectivity index is 1.38. The van der Waals surface area contributed by atoms with E-state index in [9.17, 15) is 14.4 Å². The van der Waals surface area contributed by atoms with Crippen LogP contribution in [0.15, 0.2) is 54.6 Å². The molecule has 2 aromatic carbocycles. The fourth-order valence-electron chi connectivity index (χ4n) is 4.08. The Labute approximate surface area is 192 Å². The van der Waals surface area contributed by atoms with E-state index in [1.54, 1.807) is 14.0 Å². The molecule has 172 valence electrons. The maximum atomic E-state index is 13.1. The molecule has 3 amide bonds. The number of amides is 3. The molecule has 1 aromatic heterocycles. The normalized spacial score (nSPS) is 17.5. The summed E-state index contributed by atoms with van der Waals surface area (Å²) in [6.45, 7) is 4.70. The Morgan fingerprint density at radius 3 is 2.55 bits per heavy atom. The molecular weight excluding hydrogens is 420 g/mol. The number of rotatable bonds is 7. The van der Waals surface area contributed by atoms with Crippen molar-refractivity contribution in [2.45, 2.75) is 32.5 Å². The van der Waals surface area contributed by atoms with E-state index in [0.717, 1.165) is 22.2 Å². The molecule has 33 heavy (non-hydrogen) atoms. The minimum Gasteiger partial charge on any atom is -0.494 e. The van der Waals surface area contributed by atoms with Crippen LogP contribution in [-0.2, 0) is 22.7 Å². The highest BCUT2D eigenvalue weighted by atomic mass is 16.5. The van der Waals surface area contributed by atoms with E-state index in [1.807, 2.05) is 66.1 Å². The SMILES string of the molecule is CCOc1ccc(CNC(=O)CNC(=O)[C@]2(C)Cn3c(cc4ccccc43)C(=O)N2C)cc1. The van der Waals surface area contributed by atoms with Crippen molar-refractivity contribution in [1.82, 2.24) is 20.1 Å². The summed E-state index contributed by atoms with van der Waals surface area (Å²) in [5.41, 5.74) is 1.26. The number of benzene rings is 2. The van der Waals surface area contributed by atoms with Crippen LogP contribution in [0.4, 0.5) is 0 Å². The molecule has 2 N–H and O–H groups in total. The Morgan fingerprint density at radius 1 is 1.09 bits per heavy atom. The Hall–Kier alpha value is -3.81. The van der Waals surface area contributed by atoms with Crippen LogP contribution in [0.3, 0.4) is 0 Å². The van der Waals surface area contributed by atoms with Crippen LogP contribution in [0, 0.1) is 0 Å². The first-order chi connectivity index (χ1) is 15.8. The van der Waals surface area contributed by atoms with Crippen molar-refractivity contribution >= 4 is 28.6 Å². The summed E-state index contributed by atoms with van der Waals surface area (Å²) in [7, 11) is 1.62. The van der Waals surface area contributed by atoms with Gasteiger partial charge in [0.25, 0.3) is 5.91 Å². The second kappa shape index (κ2) is 8.97. The minimum atomic E-state index is -1.12. The predicted molar refractivity (Wildman–Crippen MR) is 125 cm³/mol. The molecule has 4 rings (SSSR count). The molecule has 1 aliphatic heterocycles. The van der Waals surface area contributed by atoms with Gasteiger partial charge in [-0.3, -0.25) is 14.4 Å². The topological polar surface area (TPSA) is 92.7 Å². The van der Waals surface area contributed by atoms with Crippen molar-refractivity contribution in [1.29, 1.82) is 0 Å². The van der Waals surface area contributed by atoms with Crippen molar-refractivity contribution < 1.29 is 19.1 Å². The van der Waals surface area contributed by atoms with Gasteiger partial charge in [-0.15, -0.1) is 0 Å². The summed E-state index contributed by atoms with van der Waals surface area (Å²) < 4.78 is 7.29. The van der Waals surface area contributed by atoms with Gasteiger partial charge in [-0.2, -0.15) is 0 Å². The monoisotopic (exact) mass is 448 g/mol. The van der Waals surface area contributed by atoms with Crippen LogP contribution in [0.25, 0.3) is 10.9 Å². The highest BCUT2D eigenvalue weighted by Gasteiger charge is 2.45. The van der Waals surface area contributed by atoms with Crippen LogP contribution in [-0.4, -0.2) is 52.9 Å². The summed E-state index contributed by atoms with van der Waals surface area (Å²) in [6, 6.07) is 17.0. The molecule has 1 aliphatic rings. The number of likely N-dealkylation sites (N-methyl/N-ethyl adjacent to an activating group) is 1. The zero-order chi connectivity index (χ0) is 23.6. The van der Waals surface area contributed by atoms with E-state index >= 15 is 0 Å². The van der Waals surface area contributed by atoms with Crippen molar-refractivity contribution in [3.05, 3.63) is 65.9 Å². The number of carbonyl (C=O) groups is 3. The lowest BCUT2D eigenvalue weighted by molar-refractivity contribution is -0.134. The van der Waals surface area contributed by atoms with Gasteiger partial charge in [0, 0.05) is 24.5 Å². The van der Waals surface area contributed by atoms with E-state index in [0.29, 0.717) is 25.4 Å². The molecule has 0 saturated carbocycles. The van der Waals surface area contributed by atoms with Crippen LogP contribution >= 0.6 is 0 Å². The number of ether oxygens (including phenoxy) is 1. The Morgan fingerprint density at radius 2 is 1.82 bits per heavy atom. The number of para-hydroxylation sites is 1. The van der Waals surface area contributed by atoms with Crippen LogP contribution in [0.2, 0.25) is 0 Å². The van der Waals surface area contributed by atoms with E-state index in [2.05, 4.69) is 10.6 Å². The summed E-state index contributed by atoms with van der Waals surface area (Å²) >= 11 is 0. The third-order valence-corrected chi connectivity index (χ3v) is 6.16.